The maximum atomic E-state index is 11.0. The third-order valence-electron chi connectivity index (χ3n) is 2.61. The van der Waals surface area contributed by atoms with Gasteiger partial charge in [-0.1, -0.05) is 30.3 Å². The lowest BCUT2D eigenvalue weighted by molar-refractivity contribution is -0.140. The van der Waals surface area contributed by atoms with Crippen molar-refractivity contribution in [1.29, 1.82) is 0 Å². The molecular weight excluding hydrogens is 232 g/mol. The summed E-state index contributed by atoms with van der Waals surface area (Å²) in [6.45, 7) is 0. The summed E-state index contributed by atoms with van der Waals surface area (Å²) in [5, 5.41) is 2.07. The third-order valence-corrected chi connectivity index (χ3v) is 3.52. The molecule has 1 aromatic carbocycles. The van der Waals surface area contributed by atoms with Crippen LogP contribution in [0.15, 0.2) is 41.8 Å². The lowest BCUT2D eigenvalue weighted by Gasteiger charge is -2.02. The molecule has 17 heavy (non-hydrogen) atoms. The van der Waals surface area contributed by atoms with Crippen LogP contribution in [0.2, 0.25) is 0 Å². The van der Waals surface area contributed by atoms with Crippen LogP contribution in [0.4, 0.5) is 0 Å². The van der Waals surface area contributed by atoms with Crippen molar-refractivity contribution in [3.05, 3.63) is 47.3 Å². The van der Waals surface area contributed by atoms with Crippen molar-refractivity contribution in [2.45, 2.75) is 12.8 Å². The minimum atomic E-state index is -0.160. The largest absolute Gasteiger partial charge is 0.469 e. The summed E-state index contributed by atoms with van der Waals surface area (Å²) in [7, 11) is 1.42. The number of esters is 1. The molecule has 0 atom stereocenters. The van der Waals surface area contributed by atoms with Gasteiger partial charge in [0.15, 0.2) is 0 Å². The minimum Gasteiger partial charge on any atom is -0.469 e. The Morgan fingerprint density at radius 2 is 2.00 bits per heavy atom. The van der Waals surface area contributed by atoms with Gasteiger partial charge in [0.1, 0.15) is 0 Å². The van der Waals surface area contributed by atoms with E-state index in [2.05, 4.69) is 40.4 Å². The van der Waals surface area contributed by atoms with Crippen molar-refractivity contribution in [3.63, 3.8) is 0 Å². The van der Waals surface area contributed by atoms with Crippen LogP contribution < -0.4 is 0 Å². The molecule has 0 spiro atoms. The number of hydrogen-bond donors (Lipinski definition) is 0. The average molecular weight is 246 g/mol. The molecule has 0 radical (unpaired) electrons. The van der Waals surface area contributed by atoms with Crippen LogP contribution >= 0.6 is 11.3 Å². The summed E-state index contributed by atoms with van der Waals surface area (Å²) in [6.07, 6.45) is 1.17. The van der Waals surface area contributed by atoms with Crippen molar-refractivity contribution in [2.75, 3.05) is 7.11 Å². The summed E-state index contributed by atoms with van der Waals surface area (Å²) in [4.78, 5) is 12.3. The second-order valence-corrected chi connectivity index (χ2v) is 4.70. The van der Waals surface area contributed by atoms with Crippen molar-refractivity contribution < 1.29 is 9.53 Å². The Hall–Kier alpha value is -1.61. The summed E-state index contributed by atoms with van der Waals surface area (Å²) in [5.41, 5.74) is 2.39. The predicted molar refractivity (Wildman–Crippen MR) is 70.1 cm³/mol. The van der Waals surface area contributed by atoms with Gasteiger partial charge in [-0.15, -0.1) is 11.3 Å². The molecule has 3 heteroatoms. The van der Waals surface area contributed by atoms with Gasteiger partial charge in [0.05, 0.1) is 7.11 Å². The molecule has 0 N–H and O–H groups in total. The topological polar surface area (TPSA) is 26.3 Å². The highest BCUT2D eigenvalue weighted by Gasteiger charge is 2.02. The van der Waals surface area contributed by atoms with E-state index in [-0.39, 0.29) is 5.97 Å². The molecule has 0 aliphatic carbocycles. The zero-order valence-corrected chi connectivity index (χ0v) is 10.5. The van der Waals surface area contributed by atoms with Crippen LogP contribution in [-0.4, -0.2) is 13.1 Å². The van der Waals surface area contributed by atoms with Gasteiger partial charge in [0.25, 0.3) is 0 Å². The first-order chi connectivity index (χ1) is 8.29. The van der Waals surface area contributed by atoms with Gasteiger partial charge >= 0.3 is 5.97 Å². The SMILES string of the molecule is COC(=O)CCc1ccc(-c2cccs2)cc1. The Balaban J connectivity index is 2.01. The van der Waals surface area contributed by atoms with E-state index in [1.54, 1.807) is 11.3 Å². The van der Waals surface area contributed by atoms with Crippen LogP contribution in [0.25, 0.3) is 10.4 Å². The van der Waals surface area contributed by atoms with Crippen LogP contribution in [0.3, 0.4) is 0 Å². The number of carbonyl (C=O) groups is 1. The highest BCUT2D eigenvalue weighted by atomic mass is 32.1. The number of carbonyl (C=O) groups excluding carboxylic acids is 1. The maximum absolute atomic E-state index is 11.0. The maximum Gasteiger partial charge on any atom is 0.305 e. The van der Waals surface area contributed by atoms with Crippen molar-refractivity contribution >= 4 is 17.3 Å². The summed E-state index contributed by atoms with van der Waals surface area (Å²) >= 11 is 1.73. The van der Waals surface area contributed by atoms with E-state index in [1.807, 2.05) is 6.07 Å². The summed E-state index contributed by atoms with van der Waals surface area (Å²) in [6, 6.07) is 12.5. The molecule has 2 nitrogen and oxygen atoms in total. The molecule has 0 amide bonds. The molecule has 1 heterocycles. The highest BCUT2D eigenvalue weighted by Crippen LogP contribution is 2.24. The number of thiophene rings is 1. The van der Waals surface area contributed by atoms with Crippen LogP contribution in [0.5, 0.6) is 0 Å². The predicted octanol–water partition coefficient (Wildman–Crippen LogP) is 3.52. The lowest BCUT2D eigenvalue weighted by Crippen LogP contribution is -2.01. The second kappa shape index (κ2) is 5.64. The number of hydrogen-bond acceptors (Lipinski definition) is 3. The van der Waals surface area contributed by atoms with Gasteiger partial charge in [-0.25, -0.2) is 0 Å². The quantitative estimate of drug-likeness (QED) is 0.771. The van der Waals surface area contributed by atoms with E-state index in [0.717, 1.165) is 12.0 Å². The highest BCUT2D eigenvalue weighted by molar-refractivity contribution is 7.13. The molecule has 0 unspecified atom stereocenters. The van der Waals surface area contributed by atoms with Gasteiger partial charge in [-0.2, -0.15) is 0 Å². The van der Waals surface area contributed by atoms with E-state index >= 15 is 0 Å². The van der Waals surface area contributed by atoms with Gasteiger partial charge < -0.3 is 4.74 Å². The van der Waals surface area contributed by atoms with Crippen LogP contribution in [-0.2, 0) is 16.0 Å². The van der Waals surface area contributed by atoms with E-state index < -0.39 is 0 Å². The number of rotatable bonds is 4. The molecule has 0 fully saturated rings. The fourth-order valence-electron chi connectivity index (χ4n) is 1.63. The molecule has 0 aliphatic heterocycles. The molecule has 88 valence electrons. The van der Waals surface area contributed by atoms with E-state index in [0.29, 0.717) is 6.42 Å². The number of benzene rings is 1. The first kappa shape index (κ1) is 11.9. The molecular formula is C14H14O2S. The summed E-state index contributed by atoms with van der Waals surface area (Å²) in [5.74, 6) is -0.160. The smallest absolute Gasteiger partial charge is 0.305 e. The average Bonchev–Trinajstić information content (AvgIpc) is 2.90. The van der Waals surface area contributed by atoms with E-state index in [4.69, 9.17) is 0 Å². The molecule has 0 saturated carbocycles. The Morgan fingerprint density at radius 3 is 2.59 bits per heavy atom. The number of methoxy groups -OCH3 is 1. The molecule has 2 aromatic rings. The van der Waals surface area contributed by atoms with Crippen molar-refractivity contribution in [3.8, 4) is 10.4 Å². The Labute approximate surface area is 105 Å². The van der Waals surface area contributed by atoms with Crippen LogP contribution in [0, 0.1) is 0 Å². The standard InChI is InChI=1S/C14H14O2S/c1-16-14(15)9-6-11-4-7-12(8-5-11)13-3-2-10-17-13/h2-5,7-8,10H,6,9H2,1H3. The fraction of sp³-hybridized carbons (Fsp3) is 0.214. The first-order valence-corrected chi connectivity index (χ1v) is 6.37. The minimum absolute atomic E-state index is 0.160. The van der Waals surface area contributed by atoms with Crippen molar-refractivity contribution in [1.82, 2.24) is 0 Å². The van der Waals surface area contributed by atoms with Gasteiger partial charge in [0, 0.05) is 11.3 Å². The third kappa shape index (κ3) is 3.17. The van der Waals surface area contributed by atoms with E-state index in [9.17, 15) is 4.79 Å². The molecule has 0 bridgehead atoms. The number of ether oxygens (including phenoxy) is 1. The normalized spacial score (nSPS) is 10.2. The molecule has 0 saturated heterocycles. The Morgan fingerprint density at radius 1 is 1.24 bits per heavy atom. The fourth-order valence-corrected chi connectivity index (χ4v) is 2.36. The molecule has 0 aliphatic rings. The second-order valence-electron chi connectivity index (χ2n) is 3.75. The van der Waals surface area contributed by atoms with E-state index in [1.165, 1.54) is 17.6 Å². The van der Waals surface area contributed by atoms with Gasteiger partial charge in [-0.3, -0.25) is 4.79 Å². The van der Waals surface area contributed by atoms with Gasteiger partial charge in [0.2, 0.25) is 0 Å². The lowest BCUT2D eigenvalue weighted by atomic mass is 10.1. The zero-order valence-electron chi connectivity index (χ0n) is 9.68. The first-order valence-electron chi connectivity index (χ1n) is 5.49. The molecule has 1 aromatic heterocycles. The number of aryl methyl sites for hydroxylation is 1. The van der Waals surface area contributed by atoms with Gasteiger partial charge in [-0.05, 0) is 29.0 Å². The van der Waals surface area contributed by atoms with Crippen LogP contribution in [0.1, 0.15) is 12.0 Å². The molecule has 2 rings (SSSR count). The monoisotopic (exact) mass is 246 g/mol. The Bertz CT molecular complexity index is 471. The summed E-state index contributed by atoms with van der Waals surface area (Å²) < 4.78 is 4.62. The van der Waals surface area contributed by atoms with Crippen molar-refractivity contribution in [2.24, 2.45) is 0 Å². The zero-order chi connectivity index (χ0) is 12.1. The Kier molecular flexibility index (Phi) is 3.94.